The van der Waals surface area contributed by atoms with Gasteiger partial charge in [-0.3, -0.25) is 4.90 Å². The molecule has 2 atom stereocenters. The minimum Gasteiger partial charge on any atom is -0.478 e. The highest BCUT2D eigenvalue weighted by molar-refractivity contribution is 6.04. The van der Waals surface area contributed by atoms with Gasteiger partial charge in [-0.25, -0.2) is 14.4 Å². The average Bonchev–Trinajstić information content (AvgIpc) is 2.80. The Labute approximate surface area is 115 Å². The summed E-state index contributed by atoms with van der Waals surface area (Å²) in [6, 6.07) is -1.78. The zero-order valence-electron chi connectivity index (χ0n) is 11.3. The third-order valence-electron chi connectivity index (χ3n) is 3.02. The van der Waals surface area contributed by atoms with Crippen LogP contribution in [0.4, 0.5) is 4.79 Å². The van der Waals surface area contributed by atoms with Gasteiger partial charge in [0.2, 0.25) is 0 Å². The number of carbonyl (C=O) groups is 3. The van der Waals surface area contributed by atoms with Crippen LogP contribution in [0, 0.1) is 0 Å². The molecule has 20 heavy (non-hydrogen) atoms. The molecule has 7 nitrogen and oxygen atoms in total. The van der Waals surface area contributed by atoms with Crippen LogP contribution in [0.2, 0.25) is 0 Å². The summed E-state index contributed by atoms with van der Waals surface area (Å²) >= 11 is 0. The van der Waals surface area contributed by atoms with Crippen molar-refractivity contribution in [2.45, 2.75) is 38.5 Å². The van der Waals surface area contributed by atoms with E-state index in [1.807, 2.05) is 0 Å². The zero-order valence-corrected chi connectivity index (χ0v) is 11.3. The average molecular weight is 281 g/mol. The molecule has 2 bridgehead atoms. The summed E-state index contributed by atoms with van der Waals surface area (Å²) < 4.78 is 5.19. The number of ether oxygens (including phenoxy) is 1. The first-order valence-corrected chi connectivity index (χ1v) is 6.04. The lowest BCUT2D eigenvalue weighted by Gasteiger charge is -2.28. The first kappa shape index (κ1) is 14.1. The van der Waals surface area contributed by atoms with Crippen molar-refractivity contribution in [3.63, 3.8) is 0 Å². The van der Waals surface area contributed by atoms with Gasteiger partial charge in [0, 0.05) is 0 Å². The maximum Gasteiger partial charge on any atom is 0.411 e. The third kappa shape index (κ3) is 2.15. The van der Waals surface area contributed by atoms with Gasteiger partial charge < -0.3 is 14.9 Å². The van der Waals surface area contributed by atoms with Gasteiger partial charge in [0.1, 0.15) is 5.60 Å². The van der Waals surface area contributed by atoms with E-state index < -0.39 is 35.7 Å². The predicted octanol–water partition coefficient (Wildman–Crippen LogP) is 1.01. The van der Waals surface area contributed by atoms with Crippen LogP contribution in [0.1, 0.15) is 20.8 Å². The molecule has 0 fully saturated rings. The van der Waals surface area contributed by atoms with Gasteiger partial charge in [0.15, 0.2) is 0 Å². The van der Waals surface area contributed by atoms with E-state index in [0.717, 1.165) is 4.90 Å². The van der Waals surface area contributed by atoms with Crippen molar-refractivity contribution in [2.24, 2.45) is 0 Å². The van der Waals surface area contributed by atoms with Crippen molar-refractivity contribution < 1.29 is 29.3 Å². The number of aliphatic carboxylic acids is 2. The Morgan fingerprint density at radius 2 is 1.45 bits per heavy atom. The number of fused-ring (bicyclic) bond motifs is 2. The van der Waals surface area contributed by atoms with Crippen LogP contribution in [0.15, 0.2) is 23.3 Å². The van der Waals surface area contributed by atoms with Gasteiger partial charge in [0.25, 0.3) is 0 Å². The van der Waals surface area contributed by atoms with Crippen LogP contribution in [-0.2, 0) is 14.3 Å². The molecule has 2 N–H and O–H groups in total. The van der Waals surface area contributed by atoms with Crippen LogP contribution < -0.4 is 0 Å². The number of carboxylic acids is 2. The zero-order chi connectivity index (χ0) is 15.2. The quantitative estimate of drug-likeness (QED) is 0.732. The van der Waals surface area contributed by atoms with Gasteiger partial charge in [0.05, 0.1) is 23.2 Å². The standard InChI is InChI=1S/C13H15NO6/c1-13(2,3)20-12(19)14-6-4-5-7(14)9(11(17)18)8(6)10(15)16/h4-7H,1-3H3,(H,15,16)(H,17,18). The molecule has 2 aliphatic rings. The topological polar surface area (TPSA) is 104 Å². The van der Waals surface area contributed by atoms with E-state index in [9.17, 15) is 14.4 Å². The molecule has 0 saturated heterocycles. The van der Waals surface area contributed by atoms with E-state index in [2.05, 4.69) is 0 Å². The molecule has 0 radical (unpaired) electrons. The summed E-state index contributed by atoms with van der Waals surface area (Å²) in [6.07, 6.45) is 2.28. The second-order valence-corrected chi connectivity index (χ2v) is 5.60. The third-order valence-corrected chi connectivity index (χ3v) is 3.02. The number of amides is 1. The van der Waals surface area contributed by atoms with Crippen molar-refractivity contribution >= 4 is 18.0 Å². The van der Waals surface area contributed by atoms with E-state index in [1.54, 1.807) is 20.8 Å². The Balaban J connectivity index is 2.33. The molecule has 2 heterocycles. The van der Waals surface area contributed by atoms with E-state index in [4.69, 9.17) is 14.9 Å². The van der Waals surface area contributed by atoms with Crippen molar-refractivity contribution in [3.05, 3.63) is 23.3 Å². The molecule has 0 saturated carbocycles. The highest BCUT2D eigenvalue weighted by atomic mass is 16.6. The normalized spacial score (nSPS) is 24.2. The van der Waals surface area contributed by atoms with Crippen molar-refractivity contribution in [1.29, 1.82) is 0 Å². The minimum absolute atomic E-state index is 0.282. The first-order chi connectivity index (χ1) is 9.13. The van der Waals surface area contributed by atoms with Crippen LogP contribution in [0.25, 0.3) is 0 Å². The molecule has 0 aromatic heterocycles. The van der Waals surface area contributed by atoms with E-state index in [0.29, 0.717) is 0 Å². The van der Waals surface area contributed by atoms with Crippen LogP contribution in [0.5, 0.6) is 0 Å². The summed E-state index contributed by atoms with van der Waals surface area (Å²) in [6.45, 7) is 5.04. The Morgan fingerprint density at radius 3 is 1.75 bits per heavy atom. The molecule has 7 heteroatoms. The predicted molar refractivity (Wildman–Crippen MR) is 67.1 cm³/mol. The number of carboxylic acid groups (broad SMARTS) is 2. The number of hydrogen-bond donors (Lipinski definition) is 2. The highest BCUT2D eigenvalue weighted by Gasteiger charge is 2.51. The van der Waals surface area contributed by atoms with Crippen LogP contribution in [-0.4, -0.2) is 50.8 Å². The van der Waals surface area contributed by atoms with E-state index in [1.165, 1.54) is 12.2 Å². The minimum atomic E-state index is -1.34. The van der Waals surface area contributed by atoms with Crippen LogP contribution >= 0.6 is 0 Å². The number of carbonyl (C=O) groups excluding carboxylic acids is 1. The molecule has 2 rings (SSSR count). The largest absolute Gasteiger partial charge is 0.478 e. The maximum absolute atomic E-state index is 12.1. The molecule has 0 aliphatic carbocycles. The highest BCUT2D eigenvalue weighted by Crippen LogP contribution is 2.38. The molecule has 0 spiro atoms. The number of nitrogens with zero attached hydrogens (tertiary/aromatic N) is 1. The summed E-state index contributed by atoms with van der Waals surface area (Å²) in [7, 11) is 0. The van der Waals surface area contributed by atoms with Crippen molar-refractivity contribution in [3.8, 4) is 0 Å². The summed E-state index contributed by atoms with van der Waals surface area (Å²) in [5.41, 5.74) is -1.31. The molecule has 0 aromatic rings. The molecule has 108 valence electrons. The van der Waals surface area contributed by atoms with Gasteiger partial charge in [-0.2, -0.15) is 0 Å². The monoisotopic (exact) mass is 281 g/mol. The van der Waals surface area contributed by atoms with Gasteiger partial charge >= 0.3 is 18.0 Å². The molecular weight excluding hydrogens is 266 g/mol. The molecular formula is C13H15NO6. The van der Waals surface area contributed by atoms with Gasteiger partial charge in [-0.1, -0.05) is 12.2 Å². The Hall–Kier alpha value is -2.31. The molecule has 0 aromatic carbocycles. The van der Waals surface area contributed by atoms with Crippen LogP contribution in [0.3, 0.4) is 0 Å². The molecule has 2 aliphatic heterocycles. The van der Waals surface area contributed by atoms with Crippen molar-refractivity contribution in [1.82, 2.24) is 4.90 Å². The van der Waals surface area contributed by atoms with Gasteiger partial charge in [-0.15, -0.1) is 0 Å². The summed E-state index contributed by atoms with van der Waals surface area (Å²) in [5.74, 6) is -2.68. The fraction of sp³-hybridized carbons (Fsp3) is 0.462. The Bertz CT molecular complexity index is 520. The Kier molecular flexibility index (Phi) is 3.08. The lowest BCUT2D eigenvalue weighted by molar-refractivity contribution is -0.135. The number of rotatable bonds is 2. The fourth-order valence-corrected chi connectivity index (χ4v) is 2.38. The second-order valence-electron chi connectivity index (χ2n) is 5.60. The lowest BCUT2D eigenvalue weighted by Crippen LogP contribution is -2.42. The summed E-state index contributed by atoms with van der Waals surface area (Å²) in [5, 5.41) is 18.3. The first-order valence-electron chi connectivity index (χ1n) is 6.04. The maximum atomic E-state index is 12.1. The van der Waals surface area contributed by atoms with Gasteiger partial charge in [-0.05, 0) is 20.8 Å². The molecule has 2 unspecified atom stereocenters. The smallest absolute Gasteiger partial charge is 0.411 e. The van der Waals surface area contributed by atoms with E-state index >= 15 is 0 Å². The fourth-order valence-electron chi connectivity index (χ4n) is 2.38. The van der Waals surface area contributed by atoms with E-state index in [-0.39, 0.29) is 11.1 Å². The Morgan fingerprint density at radius 1 is 1.05 bits per heavy atom. The second kappa shape index (κ2) is 4.36. The SMILES string of the molecule is CC(C)(C)OC(=O)N1C2C=CC1C(C(=O)O)=C2C(=O)O. The molecule has 1 amide bonds. The van der Waals surface area contributed by atoms with Crippen molar-refractivity contribution in [2.75, 3.05) is 0 Å². The summed E-state index contributed by atoms with van der Waals surface area (Å²) in [4.78, 5) is 35.7. The number of hydrogen-bond acceptors (Lipinski definition) is 4. The lowest BCUT2D eigenvalue weighted by atomic mass is 9.97.